The molecular formula is C11H18N2O2S. The van der Waals surface area contributed by atoms with E-state index >= 15 is 0 Å². The fourth-order valence-corrected chi connectivity index (χ4v) is 2.74. The molecule has 3 atom stereocenters. The third-order valence-electron chi connectivity index (χ3n) is 3.49. The summed E-state index contributed by atoms with van der Waals surface area (Å²) in [4.78, 5) is 24.9. The molecule has 0 bridgehead atoms. The summed E-state index contributed by atoms with van der Waals surface area (Å²) in [6, 6.07) is 0.278. The van der Waals surface area contributed by atoms with Gasteiger partial charge >= 0.3 is 0 Å². The fraction of sp³-hybridized carbons (Fsp3) is 0.818. The highest BCUT2D eigenvalue weighted by atomic mass is 32.1. The molecule has 2 saturated heterocycles. The smallest absolute Gasteiger partial charge is 0.235 e. The van der Waals surface area contributed by atoms with Gasteiger partial charge in [-0.15, -0.1) is 0 Å². The maximum Gasteiger partial charge on any atom is 0.235 e. The SMILES string of the molecule is CC(S)C(=O)N1CCC2NC(=O)CCC2C1. The van der Waals surface area contributed by atoms with E-state index in [2.05, 4.69) is 17.9 Å². The summed E-state index contributed by atoms with van der Waals surface area (Å²) in [6.45, 7) is 3.32. The Morgan fingerprint density at radius 1 is 1.56 bits per heavy atom. The van der Waals surface area contributed by atoms with Crippen molar-refractivity contribution in [3.63, 3.8) is 0 Å². The number of fused-ring (bicyclic) bond motifs is 1. The average Bonchev–Trinajstić information content (AvgIpc) is 2.27. The monoisotopic (exact) mass is 242 g/mol. The first-order valence-electron chi connectivity index (χ1n) is 5.84. The molecule has 0 spiro atoms. The standard InChI is InChI=1S/C11H18N2O2S/c1-7(16)11(15)13-5-4-9-8(6-13)2-3-10(14)12-9/h7-9,16H,2-6H2,1H3,(H,12,14). The zero-order valence-electron chi connectivity index (χ0n) is 9.48. The number of carbonyl (C=O) groups excluding carboxylic acids is 2. The van der Waals surface area contributed by atoms with Gasteiger partial charge in [0.25, 0.3) is 0 Å². The molecule has 3 unspecified atom stereocenters. The van der Waals surface area contributed by atoms with Gasteiger partial charge in [-0.05, 0) is 25.7 Å². The third-order valence-corrected chi connectivity index (χ3v) is 3.71. The van der Waals surface area contributed by atoms with Crippen molar-refractivity contribution in [2.75, 3.05) is 13.1 Å². The molecular weight excluding hydrogens is 224 g/mol. The van der Waals surface area contributed by atoms with Gasteiger partial charge < -0.3 is 10.2 Å². The van der Waals surface area contributed by atoms with Crippen LogP contribution < -0.4 is 5.32 Å². The van der Waals surface area contributed by atoms with Crippen molar-refractivity contribution in [1.29, 1.82) is 0 Å². The summed E-state index contributed by atoms with van der Waals surface area (Å²) < 4.78 is 0. The van der Waals surface area contributed by atoms with Crippen LogP contribution in [0.3, 0.4) is 0 Å². The number of nitrogens with one attached hydrogen (secondary N) is 1. The van der Waals surface area contributed by atoms with E-state index in [1.165, 1.54) is 0 Å². The van der Waals surface area contributed by atoms with Crippen molar-refractivity contribution in [3.05, 3.63) is 0 Å². The maximum atomic E-state index is 11.8. The Hall–Kier alpha value is -0.710. The molecule has 2 aliphatic heterocycles. The Kier molecular flexibility index (Phi) is 3.42. The van der Waals surface area contributed by atoms with E-state index in [0.717, 1.165) is 25.9 Å². The van der Waals surface area contributed by atoms with Gasteiger partial charge in [0.05, 0.1) is 5.25 Å². The molecule has 0 aromatic carbocycles. The van der Waals surface area contributed by atoms with Crippen molar-refractivity contribution < 1.29 is 9.59 Å². The van der Waals surface area contributed by atoms with Crippen molar-refractivity contribution >= 4 is 24.4 Å². The van der Waals surface area contributed by atoms with Crippen molar-refractivity contribution in [2.24, 2.45) is 5.92 Å². The zero-order valence-corrected chi connectivity index (χ0v) is 10.4. The molecule has 5 heteroatoms. The summed E-state index contributed by atoms with van der Waals surface area (Å²) in [6.07, 6.45) is 2.38. The van der Waals surface area contributed by atoms with Crippen LogP contribution in [0.25, 0.3) is 0 Å². The van der Waals surface area contributed by atoms with Gasteiger partial charge in [-0.2, -0.15) is 12.6 Å². The van der Waals surface area contributed by atoms with Gasteiger partial charge in [-0.25, -0.2) is 0 Å². The first kappa shape index (κ1) is 11.8. The second-order valence-corrected chi connectivity index (χ2v) is 5.50. The summed E-state index contributed by atoms with van der Waals surface area (Å²) in [5.74, 6) is 0.699. The van der Waals surface area contributed by atoms with E-state index in [-0.39, 0.29) is 23.1 Å². The predicted molar refractivity (Wildman–Crippen MR) is 64.3 cm³/mol. The summed E-state index contributed by atoms with van der Waals surface area (Å²) in [5.41, 5.74) is 0. The van der Waals surface area contributed by atoms with Crippen LogP contribution in [0.4, 0.5) is 0 Å². The number of carbonyl (C=O) groups is 2. The number of piperidine rings is 2. The Morgan fingerprint density at radius 3 is 3.00 bits per heavy atom. The minimum absolute atomic E-state index is 0.110. The quantitative estimate of drug-likeness (QED) is 0.655. The van der Waals surface area contributed by atoms with Gasteiger partial charge in [0.2, 0.25) is 11.8 Å². The first-order chi connectivity index (χ1) is 7.58. The number of likely N-dealkylation sites (tertiary alicyclic amines) is 1. The van der Waals surface area contributed by atoms with Crippen LogP contribution in [0.1, 0.15) is 26.2 Å². The molecule has 0 saturated carbocycles. The highest BCUT2D eigenvalue weighted by Crippen LogP contribution is 2.25. The van der Waals surface area contributed by atoms with Crippen LogP contribution >= 0.6 is 12.6 Å². The molecule has 0 radical (unpaired) electrons. The molecule has 2 heterocycles. The molecule has 2 fully saturated rings. The van der Waals surface area contributed by atoms with E-state index in [9.17, 15) is 9.59 Å². The van der Waals surface area contributed by atoms with Crippen LogP contribution in [-0.4, -0.2) is 41.1 Å². The molecule has 90 valence electrons. The molecule has 4 nitrogen and oxygen atoms in total. The van der Waals surface area contributed by atoms with Crippen molar-refractivity contribution in [3.8, 4) is 0 Å². The molecule has 0 aromatic heterocycles. The van der Waals surface area contributed by atoms with Gasteiger partial charge in [0.15, 0.2) is 0 Å². The molecule has 0 aromatic rings. The second-order valence-electron chi connectivity index (χ2n) is 4.72. The van der Waals surface area contributed by atoms with Crippen molar-refractivity contribution in [1.82, 2.24) is 10.2 Å². The summed E-state index contributed by atoms with van der Waals surface area (Å²) in [5, 5.41) is 2.78. The van der Waals surface area contributed by atoms with Crippen LogP contribution in [0, 0.1) is 5.92 Å². The number of hydrogen-bond acceptors (Lipinski definition) is 3. The molecule has 0 aliphatic carbocycles. The van der Waals surface area contributed by atoms with E-state index in [1.807, 2.05) is 4.90 Å². The topological polar surface area (TPSA) is 49.4 Å². The highest BCUT2D eigenvalue weighted by molar-refractivity contribution is 7.81. The minimum Gasteiger partial charge on any atom is -0.353 e. The maximum absolute atomic E-state index is 11.8. The normalized spacial score (nSPS) is 31.6. The first-order valence-corrected chi connectivity index (χ1v) is 6.36. The molecule has 2 amide bonds. The van der Waals surface area contributed by atoms with Crippen LogP contribution in [0.15, 0.2) is 0 Å². The number of rotatable bonds is 1. The number of hydrogen-bond donors (Lipinski definition) is 2. The van der Waals surface area contributed by atoms with Gasteiger partial charge in [0.1, 0.15) is 0 Å². The summed E-state index contributed by atoms with van der Waals surface area (Å²) >= 11 is 4.17. The minimum atomic E-state index is -0.227. The highest BCUT2D eigenvalue weighted by Gasteiger charge is 2.35. The van der Waals surface area contributed by atoms with Gasteiger partial charge in [0, 0.05) is 25.6 Å². The molecule has 16 heavy (non-hydrogen) atoms. The van der Waals surface area contributed by atoms with Crippen LogP contribution in [-0.2, 0) is 9.59 Å². The Bertz CT molecular complexity index is 306. The third kappa shape index (κ3) is 2.34. The van der Waals surface area contributed by atoms with Crippen molar-refractivity contribution in [2.45, 2.75) is 37.5 Å². The molecule has 2 aliphatic rings. The molecule has 2 rings (SSSR count). The lowest BCUT2D eigenvalue weighted by atomic mass is 9.85. The van der Waals surface area contributed by atoms with Gasteiger partial charge in [-0.1, -0.05) is 0 Å². The number of amides is 2. The Labute approximate surface area is 101 Å². The van der Waals surface area contributed by atoms with Crippen LogP contribution in [0.5, 0.6) is 0 Å². The largest absolute Gasteiger partial charge is 0.353 e. The number of thiol groups is 1. The van der Waals surface area contributed by atoms with E-state index < -0.39 is 0 Å². The zero-order chi connectivity index (χ0) is 11.7. The van der Waals surface area contributed by atoms with Crippen LogP contribution in [0.2, 0.25) is 0 Å². The lowest BCUT2D eigenvalue weighted by Crippen LogP contribution is -2.55. The van der Waals surface area contributed by atoms with E-state index in [1.54, 1.807) is 6.92 Å². The predicted octanol–water partition coefficient (Wildman–Crippen LogP) is 0.432. The number of nitrogens with zero attached hydrogens (tertiary/aromatic N) is 1. The average molecular weight is 242 g/mol. The molecule has 1 N–H and O–H groups in total. The fourth-order valence-electron chi connectivity index (χ4n) is 2.57. The Balaban J connectivity index is 1.95. The lowest BCUT2D eigenvalue weighted by molar-refractivity contribution is -0.134. The lowest BCUT2D eigenvalue weighted by Gasteiger charge is -2.41. The van der Waals surface area contributed by atoms with E-state index in [4.69, 9.17) is 0 Å². The second kappa shape index (κ2) is 4.65. The van der Waals surface area contributed by atoms with E-state index in [0.29, 0.717) is 12.3 Å². The Morgan fingerprint density at radius 2 is 2.31 bits per heavy atom. The van der Waals surface area contributed by atoms with Gasteiger partial charge in [-0.3, -0.25) is 9.59 Å². The summed E-state index contributed by atoms with van der Waals surface area (Å²) in [7, 11) is 0.